The first-order chi connectivity index (χ1) is 20.9. The van der Waals surface area contributed by atoms with E-state index in [1.807, 2.05) is 0 Å². The van der Waals surface area contributed by atoms with Gasteiger partial charge >= 0.3 is 160 Å². The summed E-state index contributed by atoms with van der Waals surface area (Å²) in [6.45, 7) is -4.94. The summed E-state index contributed by atoms with van der Waals surface area (Å²) in [5, 5.41) is 0. The van der Waals surface area contributed by atoms with Crippen LogP contribution in [0.3, 0.4) is 0 Å². The topological polar surface area (TPSA) is 210 Å². The summed E-state index contributed by atoms with van der Waals surface area (Å²) < 4.78 is 114. The summed E-state index contributed by atoms with van der Waals surface area (Å²) in [6, 6.07) is 0. The molecule has 1 aliphatic heterocycles. The molecule has 0 spiro atoms. The fraction of sp³-hybridized carbons (Fsp3) is 0.500. The molecular weight excluding hydrogens is 1070 g/mol. The molecule has 1 fully saturated rings. The van der Waals surface area contributed by atoms with E-state index < -0.39 is 190 Å². The third-order valence-electron chi connectivity index (χ3n) is 2.87. The Kier molecular flexibility index (Phi) is 42.1. The minimum absolute atomic E-state index is 0.618. The first kappa shape index (κ1) is 49.3. The molecule has 0 aliphatic carbocycles. The van der Waals surface area contributed by atoms with Crippen molar-refractivity contribution in [2.24, 2.45) is 0 Å². The fourth-order valence-corrected chi connectivity index (χ4v) is 1.55. The molecule has 0 bridgehead atoms. The summed E-state index contributed by atoms with van der Waals surface area (Å²) in [4.78, 5) is 90.8. The van der Waals surface area contributed by atoms with E-state index in [0.717, 1.165) is 0 Å². The van der Waals surface area contributed by atoms with E-state index in [1.54, 1.807) is 0 Å². The molecule has 8 radical (unpaired) electrons. The molecule has 1 heterocycles. The van der Waals surface area contributed by atoms with Gasteiger partial charge in [0.2, 0.25) is 0 Å². The van der Waals surface area contributed by atoms with Crippen molar-refractivity contribution in [2.45, 2.75) is 0 Å². The normalized spacial score (nSPS) is 15.8. The Balaban J connectivity index is -0.000000572. The average Bonchev–Trinajstić information content (AvgIpc) is 2.98. The summed E-state index contributed by atoms with van der Waals surface area (Å²) in [7, 11) is 0. The van der Waals surface area contributed by atoms with E-state index in [4.69, 9.17) is 0 Å². The van der Waals surface area contributed by atoms with Crippen LogP contribution in [0.4, 0.5) is 22.9 Å². The Morgan fingerprint density at radius 3 is 0.409 bits per heavy atom. The van der Waals surface area contributed by atoms with Crippen molar-refractivity contribution >= 4 is 137 Å². The van der Waals surface area contributed by atoms with Crippen molar-refractivity contribution in [3.63, 3.8) is 0 Å². The van der Waals surface area contributed by atoms with Gasteiger partial charge in [-0.2, -0.15) is 0 Å². The van der Waals surface area contributed by atoms with Gasteiger partial charge in [-0.25, -0.2) is 38.4 Å². The Morgan fingerprint density at radius 2 is 0.341 bits per heavy atom. The van der Waals surface area contributed by atoms with Gasteiger partial charge in [-0.15, -0.1) is 0 Å². The summed E-state index contributed by atoms with van der Waals surface area (Å²) in [5.41, 5.74) is 0. The Morgan fingerprint density at radius 1 is 0.273 bits per heavy atom. The molecule has 0 atom stereocenters. The molecule has 1 saturated heterocycles. The number of rotatable bonds is 0. The van der Waals surface area contributed by atoms with E-state index in [9.17, 15) is 61.3 Å². The molecule has 0 aromatic heterocycles. The minimum atomic E-state index is -2.77. The second-order valence-corrected chi connectivity index (χ2v) is 7.00. The molecule has 1 rings (SSSR count). The fourth-order valence-electron chi connectivity index (χ4n) is 1.55. The van der Waals surface area contributed by atoms with Crippen LogP contribution in [0.2, 0.25) is 0 Å². The van der Waals surface area contributed by atoms with Crippen LogP contribution in [0.5, 0.6) is 0 Å². The van der Waals surface area contributed by atoms with Crippen molar-refractivity contribution in [1.82, 2.24) is 0 Å². The number of halogens is 8. The van der Waals surface area contributed by atoms with Gasteiger partial charge in [0.05, 0.1) is 0 Å². The molecule has 44 heavy (non-hydrogen) atoms. The Labute approximate surface area is 286 Å². The Bertz CT molecular complexity index is 676. The maximum absolute atomic E-state index is 11.3. The standard InChI is InChI=1S/C16H16O16.8FH.4Sn/c17-9-10(18)27-3-4-29-13(21)14(22)31-7-8-32-16(24)15(23)30-6-5-28-12(20)11(19)26-2-1-25-9;;;;;;;;;;;;/h1-8H2;8*1H;;;;/q;;;;;;;;;4*+2/p-8. The molecule has 0 unspecified atom stereocenters. The number of cyclic esters (lactones) is 8. The van der Waals surface area contributed by atoms with Crippen LogP contribution in [-0.2, 0) is 76.3 Å². The Hall–Kier alpha value is -1.61. The summed E-state index contributed by atoms with van der Waals surface area (Å²) in [6.07, 6.45) is 0. The second kappa shape index (κ2) is 37.6. The van der Waals surface area contributed by atoms with Gasteiger partial charge in [-0.3, -0.25) is 0 Å². The van der Waals surface area contributed by atoms with Crippen LogP contribution in [0.15, 0.2) is 0 Å². The van der Waals surface area contributed by atoms with Crippen molar-refractivity contribution in [3.05, 3.63) is 0 Å². The molecule has 1 aliphatic rings. The van der Waals surface area contributed by atoms with Crippen LogP contribution >= 0.6 is 0 Å². The first-order valence-corrected chi connectivity index (χ1v) is 18.7. The van der Waals surface area contributed by atoms with Gasteiger partial charge in [-0.05, 0) is 0 Å². The van der Waals surface area contributed by atoms with Gasteiger partial charge < -0.3 is 37.9 Å². The maximum atomic E-state index is 11.3. The van der Waals surface area contributed by atoms with Gasteiger partial charge in [0.15, 0.2) is 0 Å². The number of esters is 8. The quantitative estimate of drug-likeness (QED) is 0.0861. The van der Waals surface area contributed by atoms with E-state index >= 15 is 0 Å². The van der Waals surface area contributed by atoms with E-state index in [0.29, 0.717) is 0 Å². The van der Waals surface area contributed by atoms with Gasteiger partial charge in [0.25, 0.3) is 0 Å². The van der Waals surface area contributed by atoms with Crippen LogP contribution in [0.1, 0.15) is 0 Å². The molecule has 0 aromatic carbocycles. The van der Waals surface area contributed by atoms with Crippen LogP contribution in [0, 0.1) is 0 Å². The number of carbonyl (C=O) groups is 8. The average molecular weight is 1090 g/mol. The number of ether oxygens (including phenoxy) is 8. The van der Waals surface area contributed by atoms with Crippen LogP contribution in [0.25, 0.3) is 0 Å². The predicted molar refractivity (Wildman–Crippen MR) is 120 cm³/mol. The van der Waals surface area contributed by atoms with Crippen LogP contribution in [-0.4, -0.2) is 190 Å². The zero-order valence-electron chi connectivity index (χ0n) is 21.2. The molecule has 0 N–H and O–H groups in total. The van der Waals surface area contributed by atoms with E-state index in [1.165, 1.54) is 0 Å². The molecule has 248 valence electrons. The zero-order chi connectivity index (χ0) is 34.8. The molecule has 0 aromatic rings. The van der Waals surface area contributed by atoms with Gasteiger partial charge in [-0.1, -0.05) is 0 Å². The molecule has 0 amide bonds. The van der Waals surface area contributed by atoms with Crippen molar-refractivity contribution in [2.75, 3.05) is 52.9 Å². The summed E-state index contributed by atoms with van der Waals surface area (Å²) >= 11 is -11.1. The molecule has 0 saturated carbocycles. The zero-order valence-corrected chi connectivity index (χ0v) is 32.6. The van der Waals surface area contributed by atoms with E-state index in [-0.39, 0.29) is 0 Å². The molecule has 16 nitrogen and oxygen atoms in total. The number of hydrogen-bond donors (Lipinski definition) is 0. The molecular formula is C16H16F8O16Sn4. The molecule has 28 heteroatoms. The third-order valence-corrected chi connectivity index (χ3v) is 2.87. The predicted octanol–water partition coefficient (Wildman–Crippen LogP) is -1.82. The number of carbonyl (C=O) groups excluding carboxylic acids is 8. The monoisotopic (exact) mass is 1100 g/mol. The van der Waals surface area contributed by atoms with E-state index in [2.05, 4.69) is 37.9 Å². The third kappa shape index (κ3) is 34.9. The van der Waals surface area contributed by atoms with Crippen molar-refractivity contribution in [3.8, 4) is 0 Å². The SMILES string of the molecule is O=C1OCCOC(=O)C(=O)OCCOC(=O)C(=O)OCCOC(=O)C(=O)OCCOC1=O.[F][Sn][F].[F][Sn][F].[F][Sn][F].[F][Sn][F]. The van der Waals surface area contributed by atoms with Crippen LogP contribution < -0.4 is 0 Å². The number of hydrogen-bond acceptors (Lipinski definition) is 16. The van der Waals surface area contributed by atoms with Crippen molar-refractivity contribution < 1.29 is 99.2 Å². The van der Waals surface area contributed by atoms with Gasteiger partial charge in [0, 0.05) is 0 Å². The summed E-state index contributed by atoms with van der Waals surface area (Å²) in [5.74, 6) is -11.8. The first-order valence-electron chi connectivity index (χ1n) is 10.1. The van der Waals surface area contributed by atoms with Crippen molar-refractivity contribution in [1.29, 1.82) is 0 Å². The second-order valence-electron chi connectivity index (χ2n) is 5.37. The van der Waals surface area contributed by atoms with Gasteiger partial charge in [0.1, 0.15) is 52.9 Å².